The summed E-state index contributed by atoms with van der Waals surface area (Å²) in [6, 6.07) is 7.95. The van der Waals surface area contributed by atoms with Gasteiger partial charge in [-0.15, -0.1) is 0 Å². The Morgan fingerprint density at radius 3 is 2.83 bits per heavy atom. The highest BCUT2D eigenvalue weighted by Gasteiger charge is 2.19. The number of morpholine rings is 1. The molecule has 154 valence electrons. The van der Waals surface area contributed by atoms with Crippen LogP contribution in [-0.2, 0) is 18.3 Å². The lowest BCUT2D eigenvalue weighted by Crippen LogP contribution is -2.37. The molecule has 10 heteroatoms. The summed E-state index contributed by atoms with van der Waals surface area (Å²) < 4.78 is 9.66. The molecule has 0 amide bonds. The molecule has 1 aliphatic heterocycles. The number of aryl methyl sites for hydroxylation is 1. The number of halogens is 1. The van der Waals surface area contributed by atoms with Crippen LogP contribution in [0.3, 0.4) is 0 Å². The predicted molar refractivity (Wildman–Crippen MR) is 117 cm³/mol. The number of rotatable bonds is 6. The molecule has 1 saturated heterocycles. The molecular formula is C19H22BrN5O3S. The van der Waals surface area contributed by atoms with E-state index in [9.17, 15) is 9.59 Å². The van der Waals surface area contributed by atoms with E-state index in [1.807, 2.05) is 28.8 Å². The molecule has 4 rings (SSSR count). The summed E-state index contributed by atoms with van der Waals surface area (Å²) in [4.78, 5) is 34.0. The minimum atomic E-state index is -0.459. The lowest BCUT2D eigenvalue weighted by atomic mass is 10.2. The number of nitrogens with one attached hydrogen (secondary N) is 1. The van der Waals surface area contributed by atoms with E-state index in [4.69, 9.17) is 4.74 Å². The topological polar surface area (TPSA) is 85.2 Å². The van der Waals surface area contributed by atoms with Crippen LogP contribution < -0.4 is 11.2 Å². The molecule has 1 N–H and O–H groups in total. The van der Waals surface area contributed by atoms with Crippen molar-refractivity contribution in [3.05, 3.63) is 55.1 Å². The third-order valence-corrected chi connectivity index (χ3v) is 6.39. The summed E-state index contributed by atoms with van der Waals surface area (Å²) >= 11 is 5.10. The fraction of sp³-hybridized carbons (Fsp3) is 0.421. The van der Waals surface area contributed by atoms with Gasteiger partial charge < -0.3 is 9.30 Å². The Morgan fingerprint density at radius 2 is 2.07 bits per heavy atom. The molecule has 0 bridgehead atoms. The van der Waals surface area contributed by atoms with E-state index in [1.54, 1.807) is 18.8 Å². The van der Waals surface area contributed by atoms with Gasteiger partial charge >= 0.3 is 5.69 Å². The van der Waals surface area contributed by atoms with Crippen molar-refractivity contribution in [2.24, 2.45) is 7.05 Å². The SMILES string of the molecule is Cn1c(=O)[nH]c(=O)c2c1nc(SCCN1CCOCC1)n2Cc1cccc(Br)c1. The Hall–Kier alpha value is -1.88. The molecule has 1 fully saturated rings. The van der Waals surface area contributed by atoms with Gasteiger partial charge in [0.25, 0.3) is 5.56 Å². The molecule has 0 aliphatic carbocycles. The van der Waals surface area contributed by atoms with Crippen LogP contribution in [0.1, 0.15) is 5.56 Å². The fourth-order valence-electron chi connectivity index (χ4n) is 3.38. The number of aromatic nitrogens is 4. The van der Waals surface area contributed by atoms with Crippen molar-refractivity contribution in [3.63, 3.8) is 0 Å². The molecule has 8 nitrogen and oxygen atoms in total. The summed E-state index contributed by atoms with van der Waals surface area (Å²) in [5, 5.41) is 0.736. The zero-order valence-corrected chi connectivity index (χ0v) is 18.5. The summed E-state index contributed by atoms with van der Waals surface area (Å²) in [6.07, 6.45) is 0. The van der Waals surface area contributed by atoms with Crippen LogP contribution in [0.4, 0.5) is 0 Å². The van der Waals surface area contributed by atoms with Crippen molar-refractivity contribution in [1.29, 1.82) is 0 Å². The number of benzene rings is 1. The molecule has 0 unspecified atom stereocenters. The molecule has 0 radical (unpaired) electrons. The number of hydrogen-bond acceptors (Lipinski definition) is 6. The third-order valence-electron chi connectivity index (χ3n) is 4.94. The number of thioether (sulfide) groups is 1. The van der Waals surface area contributed by atoms with E-state index in [1.165, 1.54) is 4.57 Å². The Balaban J connectivity index is 1.67. The standard InChI is InChI=1S/C19H22BrN5O3S/c1-23-16-15(17(26)22-18(23)27)25(12-13-3-2-4-14(20)11-13)19(21-16)29-10-7-24-5-8-28-9-6-24/h2-4,11H,5-10,12H2,1H3,(H,22,26,27). The highest BCUT2D eigenvalue weighted by Crippen LogP contribution is 2.24. The summed E-state index contributed by atoms with van der Waals surface area (Å²) in [6.45, 7) is 4.82. The summed E-state index contributed by atoms with van der Waals surface area (Å²) in [5.41, 5.74) is 0.996. The maximum atomic E-state index is 12.6. The van der Waals surface area contributed by atoms with Crippen LogP contribution in [0.2, 0.25) is 0 Å². The zero-order chi connectivity index (χ0) is 20.4. The number of aromatic amines is 1. The minimum absolute atomic E-state index is 0.405. The number of H-pyrrole nitrogens is 1. The van der Waals surface area contributed by atoms with E-state index >= 15 is 0 Å². The Morgan fingerprint density at radius 1 is 1.28 bits per heavy atom. The maximum Gasteiger partial charge on any atom is 0.329 e. The maximum absolute atomic E-state index is 12.6. The zero-order valence-electron chi connectivity index (χ0n) is 16.1. The number of fused-ring (bicyclic) bond motifs is 1. The average Bonchev–Trinajstić information content (AvgIpc) is 3.06. The van der Waals surface area contributed by atoms with Crippen LogP contribution in [0, 0.1) is 0 Å². The van der Waals surface area contributed by atoms with Crippen LogP contribution >= 0.6 is 27.7 Å². The molecule has 2 aromatic heterocycles. The van der Waals surface area contributed by atoms with Gasteiger partial charge in [0, 0.05) is 36.9 Å². The normalized spacial score (nSPS) is 15.2. The predicted octanol–water partition coefficient (Wildman–Crippen LogP) is 1.66. The largest absolute Gasteiger partial charge is 0.379 e. The quantitative estimate of drug-likeness (QED) is 0.541. The lowest BCUT2D eigenvalue weighted by Gasteiger charge is -2.26. The second-order valence-electron chi connectivity index (χ2n) is 6.90. The van der Waals surface area contributed by atoms with Crippen LogP contribution in [0.25, 0.3) is 11.2 Å². The van der Waals surface area contributed by atoms with Crippen molar-refractivity contribution >= 4 is 38.9 Å². The molecule has 29 heavy (non-hydrogen) atoms. The van der Waals surface area contributed by atoms with Crippen molar-refractivity contribution in [1.82, 2.24) is 24.0 Å². The number of nitrogens with zero attached hydrogens (tertiary/aromatic N) is 4. The highest BCUT2D eigenvalue weighted by molar-refractivity contribution is 9.10. The first kappa shape index (κ1) is 20.4. The average molecular weight is 480 g/mol. The van der Waals surface area contributed by atoms with Crippen molar-refractivity contribution in [3.8, 4) is 0 Å². The third kappa shape index (κ3) is 4.50. The van der Waals surface area contributed by atoms with Gasteiger partial charge in [-0.3, -0.25) is 19.2 Å². The Kier molecular flexibility index (Phi) is 6.23. The fourth-order valence-corrected chi connectivity index (χ4v) is 4.82. The molecular weight excluding hydrogens is 458 g/mol. The van der Waals surface area contributed by atoms with Gasteiger partial charge in [0.1, 0.15) is 0 Å². The number of imidazole rings is 1. The minimum Gasteiger partial charge on any atom is -0.379 e. The van der Waals surface area contributed by atoms with E-state index in [-0.39, 0.29) is 0 Å². The van der Waals surface area contributed by atoms with E-state index < -0.39 is 11.2 Å². The van der Waals surface area contributed by atoms with Crippen molar-refractivity contribution in [2.45, 2.75) is 11.7 Å². The molecule has 3 aromatic rings. The molecule has 3 heterocycles. The first-order valence-corrected chi connectivity index (χ1v) is 11.2. The first-order valence-electron chi connectivity index (χ1n) is 9.40. The molecule has 0 saturated carbocycles. The van der Waals surface area contributed by atoms with E-state index in [2.05, 4.69) is 30.8 Å². The molecule has 0 spiro atoms. The molecule has 1 aliphatic rings. The molecule has 0 atom stereocenters. The number of hydrogen-bond donors (Lipinski definition) is 1. The Bertz CT molecular complexity index is 1130. The van der Waals surface area contributed by atoms with Crippen LogP contribution in [0.15, 0.2) is 43.5 Å². The first-order chi connectivity index (χ1) is 14.0. The van der Waals surface area contributed by atoms with Gasteiger partial charge in [0.15, 0.2) is 16.3 Å². The van der Waals surface area contributed by atoms with Crippen molar-refractivity contribution < 1.29 is 4.74 Å². The monoisotopic (exact) mass is 479 g/mol. The highest BCUT2D eigenvalue weighted by atomic mass is 79.9. The van der Waals surface area contributed by atoms with Gasteiger partial charge in [-0.05, 0) is 17.7 Å². The Labute approximate surface area is 180 Å². The van der Waals surface area contributed by atoms with E-state index in [0.717, 1.165) is 53.8 Å². The second kappa shape index (κ2) is 8.86. The van der Waals surface area contributed by atoms with E-state index in [0.29, 0.717) is 17.7 Å². The van der Waals surface area contributed by atoms with Gasteiger partial charge in [-0.25, -0.2) is 9.78 Å². The lowest BCUT2D eigenvalue weighted by molar-refractivity contribution is 0.0410. The van der Waals surface area contributed by atoms with Gasteiger partial charge in [0.2, 0.25) is 0 Å². The van der Waals surface area contributed by atoms with Crippen LogP contribution in [0.5, 0.6) is 0 Å². The van der Waals surface area contributed by atoms with Gasteiger partial charge in [-0.2, -0.15) is 0 Å². The second-order valence-corrected chi connectivity index (χ2v) is 8.88. The van der Waals surface area contributed by atoms with Gasteiger partial charge in [0.05, 0.1) is 19.8 Å². The summed E-state index contributed by atoms with van der Waals surface area (Å²) in [5.74, 6) is 0.841. The van der Waals surface area contributed by atoms with Gasteiger partial charge in [-0.1, -0.05) is 39.8 Å². The molecule has 1 aromatic carbocycles. The van der Waals surface area contributed by atoms with Crippen molar-refractivity contribution in [2.75, 3.05) is 38.6 Å². The number of ether oxygens (including phenoxy) is 1. The smallest absolute Gasteiger partial charge is 0.329 e. The van der Waals surface area contributed by atoms with Crippen LogP contribution in [-0.4, -0.2) is 62.6 Å². The summed E-state index contributed by atoms with van der Waals surface area (Å²) in [7, 11) is 1.62.